The topological polar surface area (TPSA) is 45.2 Å². The summed E-state index contributed by atoms with van der Waals surface area (Å²) < 4.78 is 40.5. The number of likely N-dealkylation sites (tertiary alicyclic amines) is 1. The average molecular weight is 405 g/mol. The highest BCUT2D eigenvalue weighted by atomic mass is 32.1. The van der Waals surface area contributed by atoms with Crippen molar-refractivity contribution in [2.75, 3.05) is 18.4 Å². The maximum absolute atomic E-state index is 13.1. The number of halogens is 3. The first-order valence-electron chi connectivity index (χ1n) is 8.97. The van der Waals surface area contributed by atoms with E-state index in [1.807, 2.05) is 29.2 Å². The third kappa shape index (κ3) is 3.88. The Morgan fingerprint density at radius 3 is 2.71 bits per heavy atom. The van der Waals surface area contributed by atoms with Gasteiger partial charge in [-0.1, -0.05) is 24.3 Å². The lowest BCUT2D eigenvalue weighted by Gasteiger charge is -2.22. The van der Waals surface area contributed by atoms with Crippen molar-refractivity contribution >= 4 is 33.1 Å². The molecule has 1 aromatic heterocycles. The summed E-state index contributed by atoms with van der Waals surface area (Å²) in [6, 6.07) is 12.9. The first kappa shape index (κ1) is 18.9. The molecule has 0 unspecified atom stereocenters. The molecule has 28 heavy (non-hydrogen) atoms. The SMILES string of the molecule is O=C(CN1CCC[C@H]1c1nc2ccccc2s1)Nc1ccccc1C(F)(F)F. The van der Waals surface area contributed by atoms with E-state index >= 15 is 0 Å². The zero-order chi connectivity index (χ0) is 19.7. The van der Waals surface area contributed by atoms with Crippen LogP contribution in [-0.4, -0.2) is 28.9 Å². The molecule has 0 spiro atoms. The van der Waals surface area contributed by atoms with Crippen LogP contribution in [0, 0.1) is 0 Å². The van der Waals surface area contributed by atoms with Crippen LogP contribution < -0.4 is 5.32 Å². The van der Waals surface area contributed by atoms with Gasteiger partial charge < -0.3 is 5.32 Å². The molecule has 8 heteroatoms. The van der Waals surface area contributed by atoms with E-state index in [0.717, 1.165) is 40.7 Å². The Hall–Kier alpha value is -2.45. The molecular formula is C20H18F3N3OS. The lowest BCUT2D eigenvalue weighted by molar-refractivity contribution is -0.137. The number of hydrogen-bond acceptors (Lipinski definition) is 4. The average Bonchev–Trinajstić information content (AvgIpc) is 3.27. The van der Waals surface area contributed by atoms with Crippen molar-refractivity contribution in [2.24, 2.45) is 0 Å². The normalized spacial score (nSPS) is 17.9. The van der Waals surface area contributed by atoms with Crippen molar-refractivity contribution in [3.8, 4) is 0 Å². The molecule has 0 radical (unpaired) electrons. The van der Waals surface area contributed by atoms with Gasteiger partial charge in [0.25, 0.3) is 0 Å². The van der Waals surface area contributed by atoms with Gasteiger partial charge in [-0.05, 0) is 43.7 Å². The van der Waals surface area contributed by atoms with Gasteiger partial charge in [-0.3, -0.25) is 9.69 Å². The molecule has 0 bridgehead atoms. The maximum atomic E-state index is 13.1. The van der Waals surface area contributed by atoms with Crippen LogP contribution in [0.1, 0.15) is 29.5 Å². The van der Waals surface area contributed by atoms with E-state index in [4.69, 9.17) is 0 Å². The van der Waals surface area contributed by atoms with Crippen LogP contribution in [0.2, 0.25) is 0 Å². The molecule has 2 aromatic carbocycles. The smallest absolute Gasteiger partial charge is 0.324 e. The second-order valence-corrected chi connectivity index (χ2v) is 7.80. The van der Waals surface area contributed by atoms with Crippen LogP contribution in [-0.2, 0) is 11.0 Å². The Labute approximate surface area is 164 Å². The number of amides is 1. The van der Waals surface area contributed by atoms with Gasteiger partial charge in [-0.2, -0.15) is 13.2 Å². The third-order valence-electron chi connectivity index (χ3n) is 4.81. The molecule has 1 aliphatic rings. The fraction of sp³-hybridized carbons (Fsp3) is 0.300. The molecule has 3 aromatic rings. The minimum Gasteiger partial charge on any atom is -0.324 e. The highest BCUT2D eigenvalue weighted by molar-refractivity contribution is 7.18. The number of para-hydroxylation sites is 2. The van der Waals surface area contributed by atoms with Gasteiger partial charge in [0.15, 0.2) is 0 Å². The van der Waals surface area contributed by atoms with Gasteiger partial charge in [0.1, 0.15) is 5.01 Å². The van der Waals surface area contributed by atoms with Crippen molar-refractivity contribution in [3.05, 3.63) is 59.1 Å². The van der Waals surface area contributed by atoms with Crippen molar-refractivity contribution < 1.29 is 18.0 Å². The van der Waals surface area contributed by atoms with Crippen LogP contribution in [0.25, 0.3) is 10.2 Å². The lowest BCUT2D eigenvalue weighted by atomic mass is 10.1. The number of hydrogen-bond donors (Lipinski definition) is 1. The Bertz CT molecular complexity index is 969. The summed E-state index contributed by atoms with van der Waals surface area (Å²) in [4.78, 5) is 19.1. The van der Waals surface area contributed by atoms with Gasteiger partial charge in [0.05, 0.1) is 34.1 Å². The lowest BCUT2D eigenvalue weighted by Crippen LogP contribution is -2.33. The Kier molecular flexibility index (Phi) is 5.07. The van der Waals surface area contributed by atoms with Crippen LogP contribution in [0.5, 0.6) is 0 Å². The highest BCUT2D eigenvalue weighted by Crippen LogP contribution is 2.37. The van der Waals surface area contributed by atoms with Gasteiger partial charge >= 0.3 is 6.18 Å². The number of carbonyl (C=O) groups is 1. The number of nitrogens with one attached hydrogen (secondary N) is 1. The van der Waals surface area contributed by atoms with Crippen molar-refractivity contribution in [2.45, 2.75) is 25.1 Å². The molecular weight excluding hydrogens is 387 g/mol. The van der Waals surface area contributed by atoms with E-state index in [1.165, 1.54) is 18.2 Å². The fourth-order valence-corrected chi connectivity index (χ4v) is 4.68. The van der Waals surface area contributed by atoms with Crippen LogP contribution in [0.15, 0.2) is 48.5 Å². The fourth-order valence-electron chi connectivity index (χ4n) is 3.54. The summed E-state index contributed by atoms with van der Waals surface area (Å²) in [7, 11) is 0. The minimum absolute atomic E-state index is 0.0148. The van der Waals surface area contributed by atoms with E-state index in [1.54, 1.807) is 11.3 Å². The first-order chi connectivity index (χ1) is 13.4. The number of benzene rings is 2. The van der Waals surface area contributed by atoms with E-state index in [9.17, 15) is 18.0 Å². The highest BCUT2D eigenvalue weighted by Gasteiger charge is 2.34. The molecule has 1 saturated heterocycles. The Morgan fingerprint density at radius 1 is 1.18 bits per heavy atom. The molecule has 4 nitrogen and oxygen atoms in total. The molecule has 1 aliphatic heterocycles. The zero-order valence-electron chi connectivity index (χ0n) is 14.9. The molecule has 1 fully saturated rings. The standard InChI is InChI=1S/C20H18F3N3OS/c21-20(22,23)13-6-1-2-7-14(13)24-18(27)12-26-11-5-9-16(26)19-25-15-8-3-4-10-17(15)28-19/h1-4,6-8,10,16H,5,9,11-12H2,(H,24,27)/t16-/m0/s1. The number of thiazole rings is 1. The number of carbonyl (C=O) groups excluding carboxylic acids is 1. The van der Waals surface area contributed by atoms with Gasteiger partial charge in [0.2, 0.25) is 5.91 Å². The summed E-state index contributed by atoms with van der Waals surface area (Å²) >= 11 is 1.60. The summed E-state index contributed by atoms with van der Waals surface area (Å²) in [5.41, 5.74) is -0.124. The summed E-state index contributed by atoms with van der Waals surface area (Å²) in [6.07, 6.45) is -2.71. The largest absolute Gasteiger partial charge is 0.418 e. The zero-order valence-corrected chi connectivity index (χ0v) is 15.7. The quantitative estimate of drug-likeness (QED) is 0.658. The van der Waals surface area contributed by atoms with Crippen LogP contribution in [0.4, 0.5) is 18.9 Å². The monoisotopic (exact) mass is 405 g/mol. The number of nitrogens with zero attached hydrogens (tertiary/aromatic N) is 2. The maximum Gasteiger partial charge on any atom is 0.418 e. The summed E-state index contributed by atoms with van der Waals surface area (Å²) in [5, 5.41) is 3.37. The Balaban J connectivity index is 1.48. The number of fused-ring (bicyclic) bond motifs is 1. The van der Waals surface area contributed by atoms with E-state index in [2.05, 4.69) is 10.3 Å². The molecule has 4 rings (SSSR count). The predicted molar refractivity (Wildman–Crippen MR) is 103 cm³/mol. The number of anilines is 1. The molecule has 0 aliphatic carbocycles. The van der Waals surface area contributed by atoms with Gasteiger partial charge in [-0.25, -0.2) is 4.98 Å². The van der Waals surface area contributed by atoms with E-state index in [0.29, 0.717) is 0 Å². The third-order valence-corrected chi connectivity index (χ3v) is 5.95. The number of rotatable bonds is 4. The van der Waals surface area contributed by atoms with Crippen LogP contribution >= 0.6 is 11.3 Å². The summed E-state index contributed by atoms with van der Waals surface area (Å²) in [5.74, 6) is -0.454. The van der Waals surface area contributed by atoms with Gasteiger partial charge in [0, 0.05) is 0 Å². The number of aromatic nitrogens is 1. The molecule has 146 valence electrons. The second-order valence-electron chi connectivity index (χ2n) is 6.74. The van der Waals surface area contributed by atoms with E-state index < -0.39 is 17.6 Å². The molecule has 1 atom stereocenters. The minimum atomic E-state index is -4.51. The van der Waals surface area contributed by atoms with Crippen LogP contribution in [0.3, 0.4) is 0 Å². The number of alkyl halides is 3. The molecule has 1 amide bonds. The van der Waals surface area contributed by atoms with Crippen molar-refractivity contribution in [1.82, 2.24) is 9.88 Å². The predicted octanol–water partition coefficient (Wildman–Crippen LogP) is 5.09. The second kappa shape index (κ2) is 7.52. The Morgan fingerprint density at radius 2 is 1.93 bits per heavy atom. The summed E-state index contributed by atoms with van der Waals surface area (Å²) in [6.45, 7) is 0.752. The molecule has 0 saturated carbocycles. The van der Waals surface area contributed by atoms with Gasteiger partial charge in [-0.15, -0.1) is 11.3 Å². The van der Waals surface area contributed by atoms with Crippen molar-refractivity contribution in [1.29, 1.82) is 0 Å². The molecule has 2 heterocycles. The first-order valence-corrected chi connectivity index (χ1v) is 9.79. The molecule has 1 N–H and O–H groups in total. The van der Waals surface area contributed by atoms with Crippen molar-refractivity contribution in [3.63, 3.8) is 0 Å². The van der Waals surface area contributed by atoms with E-state index in [-0.39, 0.29) is 18.3 Å².